The van der Waals surface area contributed by atoms with Gasteiger partial charge in [-0.1, -0.05) is 18.2 Å². The number of rotatable bonds is 4. The Bertz CT molecular complexity index is 673. The molecule has 1 aromatic carbocycles. The fraction of sp³-hybridized carbons (Fsp3) is 0.412. The van der Waals surface area contributed by atoms with Crippen molar-refractivity contribution in [2.45, 2.75) is 39.3 Å². The molecule has 5 heteroatoms. The molecule has 1 fully saturated rings. The monoisotopic (exact) mass is 314 g/mol. The molecule has 116 valence electrons. The van der Waals surface area contributed by atoms with Crippen molar-refractivity contribution >= 4 is 17.3 Å². The van der Waals surface area contributed by atoms with Crippen LogP contribution in [0.3, 0.4) is 0 Å². The van der Waals surface area contributed by atoms with Gasteiger partial charge in [0.25, 0.3) is 0 Å². The van der Waals surface area contributed by atoms with Crippen LogP contribution in [0.1, 0.15) is 29.8 Å². The first kappa shape index (κ1) is 15.0. The molecule has 0 saturated heterocycles. The molecule has 0 unspecified atom stereocenters. The van der Waals surface area contributed by atoms with Gasteiger partial charge < -0.3 is 10.2 Å². The molecule has 0 bridgehead atoms. The number of thiocarbonyl (C=S) groups is 1. The smallest absolute Gasteiger partial charge is 0.169 e. The van der Waals surface area contributed by atoms with Gasteiger partial charge in [0.2, 0.25) is 0 Å². The third-order valence-corrected chi connectivity index (χ3v) is 4.52. The standard InChI is InChI=1S/C17H22N4S/c1-12-16(11-20(3)17(22)18-14-9-10-14)13(2)21(19-12)15-7-5-4-6-8-15/h4-8,14H,9-11H2,1-3H3,(H,18,22). The number of nitrogens with one attached hydrogen (secondary N) is 1. The molecular weight excluding hydrogens is 292 g/mol. The summed E-state index contributed by atoms with van der Waals surface area (Å²) >= 11 is 5.47. The fourth-order valence-electron chi connectivity index (χ4n) is 2.55. The van der Waals surface area contributed by atoms with E-state index in [0.29, 0.717) is 6.04 Å². The van der Waals surface area contributed by atoms with Crippen LogP contribution in [0.25, 0.3) is 5.69 Å². The Morgan fingerprint density at radius 3 is 2.64 bits per heavy atom. The van der Waals surface area contributed by atoms with Gasteiger partial charge in [0, 0.05) is 30.9 Å². The van der Waals surface area contributed by atoms with Crippen LogP contribution >= 0.6 is 12.2 Å². The molecule has 2 aromatic rings. The zero-order valence-electron chi connectivity index (χ0n) is 13.3. The maximum atomic E-state index is 5.47. The Kier molecular flexibility index (Phi) is 4.16. The summed E-state index contributed by atoms with van der Waals surface area (Å²) in [4.78, 5) is 2.10. The zero-order valence-corrected chi connectivity index (χ0v) is 14.2. The van der Waals surface area contributed by atoms with Crippen molar-refractivity contribution in [2.75, 3.05) is 7.05 Å². The average molecular weight is 314 g/mol. The molecule has 0 radical (unpaired) electrons. The molecule has 22 heavy (non-hydrogen) atoms. The van der Waals surface area contributed by atoms with E-state index in [1.807, 2.05) is 29.9 Å². The highest BCUT2D eigenvalue weighted by molar-refractivity contribution is 7.80. The van der Waals surface area contributed by atoms with Crippen molar-refractivity contribution in [3.63, 3.8) is 0 Å². The number of nitrogens with zero attached hydrogens (tertiary/aromatic N) is 3. The second-order valence-electron chi connectivity index (χ2n) is 5.98. The maximum absolute atomic E-state index is 5.47. The van der Waals surface area contributed by atoms with Crippen molar-refractivity contribution in [3.05, 3.63) is 47.3 Å². The Balaban J connectivity index is 1.79. The highest BCUT2D eigenvalue weighted by Gasteiger charge is 2.23. The van der Waals surface area contributed by atoms with E-state index in [1.54, 1.807) is 0 Å². The molecule has 0 spiro atoms. The largest absolute Gasteiger partial charge is 0.360 e. The second kappa shape index (κ2) is 6.08. The molecule has 0 amide bonds. The number of aromatic nitrogens is 2. The van der Waals surface area contributed by atoms with E-state index in [9.17, 15) is 0 Å². The summed E-state index contributed by atoms with van der Waals surface area (Å²) < 4.78 is 2.01. The van der Waals surface area contributed by atoms with Crippen molar-refractivity contribution in [2.24, 2.45) is 0 Å². The molecule has 1 saturated carbocycles. The molecule has 1 heterocycles. The maximum Gasteiger partial charge on any atom is 0.169 e. The van der Waals surface area contributed by atoms with Crippen LogP contribution in [0, 0.1) is 13.8 Å². The average Bonchev–Trinajstić information content (AvgIpc) is 3.29. The van der Waals surface area contributed by atoms with E-state index in [4.69, 9.17) is 17.3 Å². The fourth-order valence-corrected chi connectivity index (χ4v) is 2.78. The van der Waals surface area contributed by atoms with E-state index in [1.165, 1.54) is 24.1 Å². The molecule has 1 N–H and O–H groups in total. The Labute approximate surface area is 137 Å². The summed E-state index contributed by atoms with van der Waals surface area (Å²) in [6, 6.07) is 10.8. The Morgan fingerprint density at radius 1 is 1.32 bits per heavy atom. The van der Waals surface area contributed by atoms with Crippen LogP contribution in [0.5, 0.6) is 0 Å². The van der Waals surface area contributed by atoms with Gasteiger partial charge in [0.1, 0.15) is 0 Å². The highest BCUT2D eigenvalue weighted by atomic mass is 32.1. The van der Waals surface area contributed by atoms with Gasteiger partial charge in [-0.2, -0.15) is 5.10 Å². The second-order valence-corrected chi connectivity index (χ2v) is 6.36. The first-order valence-corrected chi connectivity index (χ1v) is 8.09. The lowest BCUT2D eigenvalue weighted by atomic mass is 10.2. The van der Waals surface area contributed by atoms with Crippen LogP contribution < -0.4 is 5.32 Å². The van der Waals surface area contributed by atoms with Crippen molar-refractivity contribution in [3.8, 4) is 5.69 Å². The van der Waals surface area contributed by atoms with Crippen LogP contribution in [-0.4, -0.2) is 32.9 Å². The topological polar surface area (TPSA) is 33.1 Å². The van der Waals surface area contributed by atoms with E-state index in [2.05, 4.69) is 36.2 Å². The van der Waals surface area contributed by atoms with Gasteiger partial charge in [0.05, 0.1) is 11.4 Å². The lowest BCUT2D eigenvalue weighted by Crippen LogP contribution is -2.37. The van der Waals surface area contributed by atoms with E-state index < -0.39 is 0 Å². The molecule has 1 aliphatic carbocycles. The lowest BCUT2D eigenvalue weighted by Gasteiger charge is -2.21. The van der Waals surface area contributed by atoms with Gasteiger partial charge in [-0.05, 0) is 51.0 Å². The molecule has 0 atom stereocenters. The number of para-hydroxylation sites is 1. The minimum absolute atomic E-state index is 0.587. The molecule has 0 aliphatic heterocycles. The number of hydrogen-bond donors (Lipinski definition) is 1. The number of benzene rings is 1. The Hall–Kier alpha value is -1.88. The van der Waals surface area contributed by atoms with E-state index >= 15 is 0 Å². The van der Waals surface area contributed by atoms with E-state index in [-0.39, 0.29) is 0 Å². The summed E-state index contributed by atoms with van der Waals surface area (Å²) in [7, 11) is 2.04. The van der Waals surface area contributed by atoms with Gasteiger partial charge >= 0.3 is 0 Å². The van der Waals surface area contributed by atoms with Crippen molar-refractivity contribution in [1.29, 1.82) is 0 Å². The van der Waals surface area contributed by atoms with Gasteiger partial charge in [-0.25, -0.2) is 4.68 Å². The van der Waals surface area contributed by atoms with Crippen LogP contribution in [0.2, 0.25) is 0 Å². The summed E-state index contributed by atoms with van der Waals surface area (Å²) in [5, 5.41) is 8.90. The molecule has 3 rings (SSSR count). The lowest BCUT2D eigenvalue weighted by molar-refractivity contribution is 0.485. The summed E-state index contributed by atoms with van der Waals surface area (Å²) in [6.45, 7) is 4.96. The third kappa shape index (κ3) is 3.14. The number of aryl methyl sites for hydroxylation is 1. The predicted molar refractivity (Wildman–Crippen MR) is 93.3 cm³/mol. The van der Waals surface area contributed by atoms with Gasteiger partial charge in [0.15, 0.2) is 5.11 Å². The van der Waals surface area contributed by atoms with Crippen LogP contribution in [-0.2, 0) is 6.54 Å². The first-order chi connectivity index (χ1) is 10.6. The van der Waals surface area contributed by atoms with Crippen LogP contribution in [0.4, 0.5) is 0 Å². The van der Waals surface area contributed by atoms with Crippen LogP contribution in [0.15, 0.2) is 30.3 Å². The first-order valence-electron chi connectivity index (χ1n) is 7.68. The summed E-state index contributed by atoms with van der Waals surface area (Å²) in [5.74, 6) is 0. The number of hydrogen-bond acceptors (Lipinski definition) is 2. The van der Waals surface area contributed by atoms with Gasteiger partial charge in [-0.3, -0.25) is 0 Å². The molecule has 4 nitrogen and oxygen atoms in total. The third-order valence-electron chi connectivity index (χ3n) is 4.09. The quantitative estimate of drug-likeness (QED) is 0.880. The highest BCUT2D eigenvalue weighted by Crippen LogP contribution is 2.21. The molecule has 1 aromatic heterocycles. The van der Waals surface area contributed by atoms with E-state index in [0.717, 1.165) is 23.0 Å². The zero-order chi connectivity index (χ0) is 15.7. The minimum atomic E-state index is 0.587. The normalized spacial score (nSPS) is 14.0. The minimum Gasteiger partial charge on any atom is -0.360 e. The Morgan fingerprint density at radius 2 is 2.00 bits per heavy atom. The van der Waals surface area contributed by atoms with Gasteiger partial charge in [-0.15, -0.1) is 0 Å². The summed E-state index contributed by atoms with van der Waals surface area (Å²) in [5.41, 5.74) is 4.56. The SMILES string of the molecule is Cc1nn(-c2ccccc2)c(C)c1CN(C)C(=S)NC1CC1. The van der Waals surface area contributed by atoms with Crippen molar-refractivity contribution < 1.29 is 0 Å². The summed E-state index contributed by atoms with van der Waals surface area (Å²) in [6.07, 6.45) is 2.47. The predicted octanol–water partition coefficient (Wildman–Crippen LogP) is 2.96. The van der Waals surface area contributed by atoms with Crippen molar-refractivity contribution in [1.82, 2.24) is 20.0 Å². The molecular formula is C17H22N4S. The molecule has 1 aliphatic rings.